The van der Waals surface area contributed by atoms with Crippen molar-refractivity contribution < 1.29 is 4.21 Å². The van der Waals surface area contributed by atoms with Gasteiger partial charge in [0, 0.05) is 32.8 Å². The summed E-state index contributed by atoms with van der Waals surface area (Å²) in [6.07, 6.45) is 3.89. The van der Waals surface area contributed by atoms with Crippen LogP contribution in [0.15, 0.2) is 29.0 Å². The average molecular weight is 313 g/mol. The molecule has 1 aliphatic rings. The maximum Gasteiger partial charge on any atom is 0.0960 e. The summed E-state index contributed by atoms with van der Waals surface area (Å²) in [4.78, 5) is 4.42. The monoisotopic (exact) mass is 312 g/mol. The highest BCUT2D eigenvalue weighted by Gasteiger charge is 2.20. The zero-order chi connectivity index (χ0) is 11.8. The van der Waals surface area contributed by atoms with Gasteiger partial charge in [0.15, 0.2) is 0 Å². The van der Waals surface area contributed by atoms with Crippen molar-refractivity contribution in [1.29, 1.82) is 0 Å². The van der Waals surface area contributed by atoms with Gasteiger partial charge in [-0.2, -0.15) is 0 Å². The lowest BCUT2D eigenvalue weighted by Gasteiger charge is -2.23. The third kappa shape index (κ3) is 2.18. The number of aromatic nitrogens is 2. The van der Waals surface area contributed by atoms with Crippen LogP contribution in [0.3, 0.4) is 0 Å². The number of benzene rings is 1. The van der Waals surface area contributed by atoms with Gasteiger partial charge in [0.05, 0.1) is 17.4 Å². The second-order valence-corrected chi connectivity index (χ2v) is 6.98. The summed E-state index contributed by atoms with van der Waals surface area (Å²) in [5, 5.41) is 0. The number of nitrogens with zero attached hydrogens (tertiary/aromatic N) is 2. The standard InChI is InChI=1S/C12H13BrN2OS/c13-9-1-2-11-12(7-9)15(8-14-11)10-3-5-17(16)6-4-10/h1-2,7-8,10H,3-6H2. The second-order valence-electron chi connectivity index (χ2n) is 4.36. The van der Waals surface area contributed by atoms with Crippen molar-refractivity contribution in [3.8, 4) is 0 Å². The fourth-order valence-corrected chi connectivity index (χ4v) is 3.97. The Hall–Kier alpha value is -0.680. The van der Waals surface area contributed by atoms with Crippen LogP contribution >= 0.6 is 15.9 Å². The number of halogens is 1. The summed E-state index contributed by atoms with van der Waals surface area (Å²) in [5.74, 6) is 1.64. The van der Waals surface area contributed by atoms with Gasteiger partial charge in [0.25, 0.3) is 0 Å². The third-order valence-electron chi connectivity index (χ3n) is 3.29. The van der Waals surface area contributed by atoms with Crippen LogP contribution in [0.25, 0.3) is 11.0 Å². The van der Waals surface area contributed by atoms with Crippen LogP contribution in [0.2, 0.25) is 0 Å². The van der Waals surface area contributed by atoms with Gasteiger partial charge >= 0.3 is 0 Å². The summed E-state index contributed by atoms with van der Waals surface area (Å²) in [6, 6.07) is 6.59. The van der Waals surface area contributed by atoms with E-state index in [1.165, 1.54) is 0 Å². The first-order chi connectivity index (χ1) is 8.24. The molecule has 2 aromatic rings. The van der Waals surface area contributed by atoms with Crippen molar-refractivity contribution in [3.63, 3.8) is 0 Å². The Bertz CT molecular complexity index is 571. The number of rotatable bonds is 1. The highest BCUT2D eigenvalue weighted by molar-refractivity contribution is 9.10. The van der Waals surface area contributed by atoms with Gasteiger partial charge in [-0.3, -0.25) is 4.21 Å². The maximum atomic E-state index is 11.4. The van der Waals surface area contributed by atoms with Crippen LogP contribution in [0.5, 0.6) is 0 Å². The molecule has 0 bridgehead atoms. The fraction of sp³-hybridized carbons (Fsp3) is 0.417. The molecule has 5 heteroatoms. The van der Waals surface area contributed by atoms with Gasteiger partial charge in [-0.1, -0.05) is 15.9 Å². The molecule has 0 aliphatic carbocycles. The summed E-state index contributed by atoms with van der Waals surface area (Å²) >= 11 is 3.50. The van der Waals surface area contributed by atoms with Gasteiger partial charge in [-0.25, -0.2) is 4.98 Å². The molecule has 90 valence electrons. The molecule has 0 spiro atoms. The number of hydrogen-bond donors (Lipinski definition) is 0. The van der Waals surface area contributed by atoms with Crippen molar-refractivity contribution in [3.05, 3.63) is 29.0 Å². The Kier molecular flexibility index (Phi) is 3.04. The zero-order valence-corrected chi connectivity index (χ0v) is 11.7. The molecule has 2 heterocycles. The number of imidazole rings is 1. The van der Waals surface area contributed by atoms with E-state index in [4.69, 9.17) is 0 Å². The molecule has 0 radical (unpaired) electrons. The molecule has 1 aliphatic heterocycles. The van der Waals surface area contributed by atoms with Gasteiger partial charge in [-0.15, -0.1) is 0 Å². The number of fused-ring (bicyclic) bond motifs is 1. The van der Waals surface area contributed by atoms with Crippen LogP contribution in [0.1, 0.15) is 18.9 Å². The predicted octanol–water partition coefficient (Wildman–Crippen LogP) is 2.88. The van der Waals surface area contributed by atoms with E-state index in [1.54, 1.807) is 0 Å². The maximum absolute atomic E-state index is 11.4. The molecular formula is C12H13BrN2OS. The molecule has 0 N–H and O–H groups in total. The van der Waals surface area contributed by atoms with Crippen molar-refractivity contribution in [2.45, 2.75) is 18.9 Å². The van der Waals surface area contributed by atoms with E-state index in [9.17, 15) is 4.21 Å². The second kappa shape index (κ2) is 4.53. The van der Waals surface area contributed by atoms with Crippen LogP contribution in [0.4, 0.5) is 0 Å². The Labute approximate surface area is 111 Å². The van der Waals surface area contributed by atoms with E-state index in [1.807, 2.05) is 18.5 Å². The normalized spacial score (nSPS) is 25.2. The number of hydrogen-bond acceptors (Lipinski definition) is 2. The first-order valence-corrected chi connectivity index (χ1v) is 7.99. The molecule has 0 unspecified atom stereocenters. The lowest BCUT2D eigenvalue weighted by Crippen LogP contribution is -2.21. The van der Waals surface area contributed by atoms with Crippen LogP contribution in [-0.2, 0) is 10.8 Å². The minimum atomic E-state index is -0.604. The Morgan fingerprint density at radius 3 is 2.88 bits per heavy atom. The topological polar surface area (TPSA) is 34.9 Å². The highest BCUT2D eigenvalue weighted by atomic mass is 79.9. The smallest absolute Gasteiger partial charge is 0.0960 e. The summed E-state index contributed by atoms with van der Waals surface area (Å²) in [7, 11) is -0.604. The minimum Gasteiger partial charge on any atom is -0.327 e. The van der Waals surface area contributed by atoms with Gasteiger partial charge in [0.2, 0.25) is 0 Å². The molecule has 0 amide bonds. The van der Waals surface area contributed by atoms with Crippen molar-refractivity contribution >= 4 is 37.8 Å². The minimum absolute atomic E-state index is 0.451. The van der Waals surface area contributed by atoms with E-state index >= 15 is 0 Å². The molecule has 0 atom stereocenters. The molecule has 1 aromatic heterocycles. The van der Waals surface area contributed by atoms with Crippen LogP contribution in [-0.4, -0.2) is 25.3 Å². The largest absolute Gasteiger partial charge is 0.327 e. The molecule has 17 heavy (non-hydrogen) atoms. The zero-order valence-electron chi connectivity index (χ0n) is 9.30. The molecule has 1 aromatic carbocycles. The molecule has 3 nitrogen and oxygen atoms in total. The SMILES string of the molecule is O=S1CCC(n2cnc3ccc(Br)cc32)CC1. The van der Waals surface area contributed by atoms with Crippen molar-refractivity contribution in [2.75, 3.05) is 11.5 Å². The lowest BCUT2D eigenvalue weighted by atomic mass is 10.1. The molecular weight excluding hydrogens is 300 g/mol. The molecule has 0 saturated carbocycles. The summed E-state index contributed by atoms with van der Waals surface area (Å²) in [6.45, 7) is 0. The summed E-state index contributed by atoms with van der Waals surface area (Å²) < 4.78 is 14.7. The molecule has 1 fully saturated rings. The Balaban J connectivity index is 1.99. The van der Waals surface area contributed by atoms with E-state index < -0.39 is 10.8 Å². The highest BCUT2D eigenvalue weighted by Crippen LogP contribution is 2.27. The van der Waals surface area contributed by atoms with Crippen molar-refractivity contribution in [1.82, 2.24) is 9.55 Å². The van der Waals surface area contributed by atoms with E-state index in [0.717, 1.165) is 39.9 Å². The third-order valence-corrected chi connectivity index (χ3v) is 5.16. The predicted molar refractivity (Wildman–Crippen MR) is 73.6 cm³/mol. The Morgan fingerprint density at radius 2 is 2.12 bits per heavy atom. The first-order valence-electron chi connectivity index (χ1n) is 5.71. The first kappa shape index (κ1) is 11.4. The van der Waals surface area contributed by atoms with Crippen molar-refractivity contribution in [2.24, 2.45) is 0 Å². The van der Waals surface area contributed by atoms with Gasteiger partial charge in [0.1, 0.15) is 0 Å². The Morgan fingerprint density at radius 1 is 1.35 bits per heavy atom. The summed E-state index contributed by atoms with van der Waals surface area (Å²) in [5.41, 5.74) is 2.19. The van der Waals surface area contributed by atoms with E-state index in [-0.39, 0.29) is 0 Å². The average Bonchev–Trinajstić information content (AvgIpc) is 2.73. The van der Waals surface area contributed by atoms with Crippen LogP contribution < -0.4 is 0 Å². The van der Waals surface area contributed by atoms with E-state index in [2.05, 4.69) is 31.5 Å². The quantitative estimate of drug-likeness (QED) is 0.811. The molecule has 1 saturated heterocycles. The molecule has 3 rings (SSSR count). The lowest BCUT2D eigenvalue weighted by molar-refractivity contribution is 0.472. The fourth-order valence-electron chi connectivity index (χ4n) is 2.35. The van der Waals surface area contributed by atoms with Gasteiger partial charge < -0.3 is 4.57 Å². The van der Waals surface area contributed by atoms with Gasteiger partial charge in [-0.05, 0) is 31.0 Å². The van der Waals surface area contributed by atoms with E-state index in [0.29, 0.717) is 6.04 Å². The van der Waals surface area contributed by atoms with Crippen LogP contribution in [0, 0.1) is 0 Å².